The Balaban J connectivity index is 1.90. The van der Waals surface area contributed by atoms with E-state index in [1.54, 1.807) is 6.07 Å². The minimum absolute atomic E-state index is 0.0114. The van der Waals surface area contributed by atoms with Crippen LogP contribution in [0, 0.1) is 11.6 Å². The number of hydrogen-bond acceptors (Lipinski definition) is 2. The molecule has 0 radical (unpaired) electrons. The van der Waals surface area contributed by atoms with Gasteiger partial charge in [-0.25, -0.2) is 13.8 Å². The molecule has 136 valence electrons. The standard InChI is InChI=1S/C20H13ClF2N2O2/c1-2-9-3-5-11(14(23)7-9)17-15-16(20(27)24-17)18(25-19(15)26)12-8-10(21)4-6-13(12)22/h3-8,25-26H,2H2,1H3. The van der Waals surface area contributed by atoms with E-state index in [4.69, 9.17) is 11.6 Å². The molecule has 4 rings (SSSR count). The first-order valence-corrected chi connectivity index (χ1v) is 8.61. The summed E-state index contributed by atoms with van der Waals surface area (Å²) >= 11 is 5.93. The van der Waals surface area contributed by atoms with Crippen LogP contribution in [0.1, 0.15) is 34.0 Å². The lowest BCUT2D eigenvalue weighted by Gasteiger charge is -2.05. The maximum Gasteiger partial charge on any atom is 0.280 e. The lowest BCUT2D eigenvalue weighted by molar-refractivity contribution is 0.101. The van der Waals surface area contributed by atoms with E-state index < -0.39 is 17.5 Å². The van der Waals surface area contributed by atoms with Gasteiger partial charge in [0, 0.05) is 16.1 Å². The number of carbonyl (C=O) groups excluding carboxylic acids is 1. The Kier molecular flexibility index (Phi) is 4.08. The van der Waals surface area contributed by atoms with E-state index in [1.807, 2.05) is 6.92 Å². The molecule has 0 atom stereocenters. The van der Waals surface area contributed by atoms with Crippen molar-refractivity contribution >= 4 is 23.2 Å². The number of hydrogen-bond donors (Lipinski definition) is 2. The summed E-state index contributed by atoms with van der Waals surface area (Å²) in [4.78, 5) is 19.0. The number of nitrogens with one attached hydrogen (secondary N) is 1. The van der Waals surface area contributed by atoms with Gasteiger partial charge in [-0.3, -0.25) is 4.79 Å². The van der Waals surface area contributed by atoms with Crippen molar-refractivity contribution in [2.24, 2.45) is 4.99 Å². The molecule has 0 spiro atoms. The van der Waals surface area contributed by atoms with Gasteiger partial charge < -0.3 is 10.1 Å². The topological polar surface area (TPSA) is 65.5 Å². The number of aromatic nitrogens is 1. The Morgan fingerprint density at radius 2 is 1.85 bits per heavy atom. The summed E-state index contributed by atoms with van der Waals surface area (Å²) in [6.07, 6.45) is 0.654. The third-order valence-corrected chi connectivity index (χ3v) is 4.77. The van der Waals surface area contributed by atoms with Gasteiger partial charge in [0.2, 0.25) is 0 Å². The molecule has 0 fully saturated rings. The van der Waals surface area contributed by atoms with Crippen LogP contribution in [0.3, 0.4) is 0 Å². The molecule has 2 N–H and O–H groups in total. The largest absolute Gasteiger partial charge is 0.494 e. The number of aromatic hydroxyl groups is 1. The molecule has 1 aliphatic rings. The van der Waals surface area contributed by atoms with E-state index in [1.165, 1.54) is 24.3 Å². The monoisotopic (exact) mass is 386 g/mol. The fourth-order valence-electron chi connectivity index (χ4n) is 3.20. The summed E-state index contributed by atoms with van der Waals surface area (Å²) in [6.45, 7) is 1.90. The van der Waals surface area contributed by atoms with Crippen LogP contribution in [0.5, 0.6) is 5.88 Å². The van der Waals surface area contributed by atoms with Crippen LogP contribution < -0.4 is 0 Å². The van der Waals surface area contributed by atoms with Crippen molar-refractivity contribution in [3.63, 3.8) is 0 Å². The molecular weight excluding hydrogens is 374 g/mol. The second kappa shape index (κ2) is 6.32. The molecule has 7 heteroatoms. The first kappa shape index (κ1) is 17.4. The molecule has 1 amide bonds. The molecule has 0 bridgehead atoms. The van der Waals surface area contributed by atoms with Crippen molar-refractivity contribution in [2.75, 3.05) is 0 Å². The summed E-state index contributed by atoms with van der Waals surface area (Å²) < 4.78 is 28.8. The van der Waals surface area contributed by atoms with Crippen molar-refractivity contribution in [1.82, 2.24) is 4.98 Å². The minimum atomic E-state index is -0.690. The number of carbonyl (C=O) groups is 1. The SMILES string of the molecule is CCc1ccc(C2=NC(=O)c3c(-c4cc(Cl)ccc4F)[nH]c(O)c32)c(F)c1. The first-order chi connectivity index (χ1) is 12.9. The average Bonchev–Trinajstić information content (AvgIpc) is 3.16. The minimum Gasteiger partial charge on any atom is -0.494 e. The van der Waals surface area contributed by atoms with E-state index in [0.717, 1.165) is 11.6 Å². The Bertz CT molecular complexity index is 1140. The van der Waals surface area contributed by atoms with Crippen LogP contribution in [0.4, 0.5) is 8.78 Å². The number of benzene rings is 2. The van der Waals surface area contributed by atoms with Crippen molar-refractivity contribution in [3.05, 3.63) is 75.3 Å². The van der Waals surface area contributed by atoms with Crippen molar-refractivity contribution in [1.29, 1.82) is 0 Å². The highest BCUT2D eigenvalue weighted by Crippen LogP contribution is 2.39. The third-order valence-electron chi connectivity index (χ3n) is 4.54. The number of H-pyrrole nitrogens is 1. The van der Waals surface area contributed by atoms with Gasteiger partial charge in [0.25, 0.3) is 5.91 Å². The van der Waals surface area contributed by atoms with E-state index in [-0.39, 0.29) is 44.6 Å². The maximum atomic E-state index is 14.5. The second-order valence-corrected chi connectivity index (χ2v) is 6.59. The molecule has 3 aromatic rings. The highest BCUT2D eigenvalue weighted by molar-refractivity contribution is 6.32. The molecule has 0 unspecified atom stereocenters. The van der Waals surface area contributed by atoms with Crippen LogP contribution in [-0.2, 0) is 6.42 Å². The van der Waals surface area contributed by atoms with Gasteiger partial charge in [0.1, 0.15) is 11.6 Å². The van der Waals surface area contributed by atoms with E-state index in [0.29, 0.717) is 6.42 Å². The highest BCUT2D eigenvalue weighted by Gasteiger charge is 2.35. The predicted molar refractivity (Wildman–Crippen MR) is 98.6 cm³/mol. The number of aromatic amines is 1. The predicted octanol–water partition coefficient (Wildman–Crippen LogP) is 4.87. The van der Waals surface area contributed by atoms with Gasteiger partial charge in [-0.05, 0) is 42.3 Å². The normalized spacial score (nSPS) is 13.0. The zero-order valence-corrected chi connectivity index (χ0v) is 14.9. The molecule has 0 aliphatic carbocycles. The van der Waals surface area contributed by atoms with E-state index >= 15 is 0 Å². The molecule has 0 saturated heterocycles. The molecule has 27 heavy (non-hydrogen) atoms. The fraction of sp³-hybridized carbons (Fsp3) is 0.100. The summed E-state index contributed by atoms with van der Waals surface area (Å²) in [5.41, 5.74) is 1.01. The molecule has 4 nitrogen and oxygen atoms in total. The van der Waals surface area contributed by atoms with Crippen molar-refractivity contribution in [2.45, 2.75) is 13.3 Å². The first-order valence-electron chi connectivity index (χ1n) is 8.23. The van der Waals surface area contributed by atoms with Gasteiger partial charge in [0.05, 0.1) is 22.5 Å². The smallest absolute Gasteiger partial charge is 0.280 e. The Morgan fingerprint density at radius 3 is 2.56 bits per heavy atom. The molecule has 0 saturated carbocycles. The molecule has 1 aromatic heterocycles. The molecule has 1 aliphatic heterocycles. The number of aryl methyl sites for hydroxylation is 1. The van der Waals surface area contributed by atoms with Crippen LogP contribution in [0.25, 0.3) is 11.3 Å². The number of halogens is 3. The van der Waals surface area contributed by atoms with Crippen LogP contribution in [-0.4, -0.2) is 21.7 Å². The van der Waals surface area contributed by atoms with Gasteiger partial charge in [0.15, 0.2) is 5.88 Å². The number of nitrogens with zero attached hydrogens (tertiary/aromatic N) is 1. The zero-order chi connectivity index (χ0) is 19.3. The maximum absolute atomic E-state index is 14.5. The molecule has 2 heterocycles. The fourth-order valence-corrected chi connectivity index (χ4v) is 3.37. The van der Waals surface area contributed by atoms with Crippen molar-refractivity contribution in [3.8, 4) is 17.1 Å². The van der Waals surface area contributed by atoms with Crippen LogP contribution >= 0.6 is 11.6 Å². The summed E-state index contributed by atoms with van der Waals surface area (Å²) in [7, 11) is 0. The quantitative estimate of drug-likeness (QED) is 0.674. The summed E-state index contributed by atoms with van der Waals surface area (Å²) in [5.74, 6) is -2.25. The average molecular weight is 387 g/mol. The van der Waals surface area contributed by atoms with Gasteiger partial charge in [-0.2, -0.15) is 0 Å². The number of fused-ring (bicyclic) bond motifs is 1. The number of rotatable bonds is 3. The second-order valence-electron chi connectivity index (χ2n) is 6.16. The lowest BCUT2D eigenvalue weighted by Crippen LogP contribution is -2.04. The summed E-state index contributed by atoms with van der Waals surface area (Å²) in [5, 5.41) is 10.6. The van der Waals surface area contributed by atoms with Gasteiger partial charge in [-0.1, -0.05) is 24.6 Å². The van der Waals surface area contributed by atoms with Crippen molar-refractivity contribution < 1.29 is 18.7 Å². The Hall–Kier alpha value is -2.99. The van der Waals surface area contributed by atoms with Crippen LogP contribution in [0.15, 0.2) is 41.4 Å². The molecular formula is C20H13ClF2N2O2. The van der Waals surface area contributed by atoms with Gasteiger partial charge in [-0.15, -0.1) is 0 Å². The lowest BCUT2D eigenvalue weighted by atomic mass is 9.98. The Labute approximate surface area is 158 Å². The van der Waals surface area contributed by atoms with E-state index in [9.17, 15) is 18.7 Å². The molecule has 2 aromatic carbocycles. The third kappa shape index (κ3) is 2.73. The Morgan fingerprint density at radius 1 is 1.07 bits per heavy atom. The summed E-state index contributed by atoms with van der Waals surface area (Å²) in [6, 6.07) is 8.47. The highest BCUT2D eigenvalue weighted by atomic mass is 35.5. The van der Waals surface area contributed by atoms with E-state index in [2.05, 4.69) is 9.98 Å². The zero-order valence-electron chi connectivity index (χ0n) is 14.1. The number of amides is 1. The van der Waals surface area contributed by atoms with Crippen LogP contribution in [0.2, 0.25) is 5.02 Å². The van der Waals surface area contributed by atoms with Gasteiger partial charge >= 0.3 is 0 Å². The number of aliphatic imine (C=N–C) groups is 1.